The van der Waals surface area contributed by atoms with E-state index in [1.807, 2.05) is 13.8 Å². The third kappa shape index (κ3) is 17.4. The van der Waals surface area contributed by atoms with Gasteiger partial charge in [-0.25, -0.2) is 9.11 Å². The van der Waals surface area contributed by atoms with E-state index in [-0.39, 0.29) is 12.4 Å². The van der Waals surface area contributed by atoms with Gasteiger partial charge in [-0.05, 0) is 70.1 Å². The number of anilines is 1. The number of aliphatic imine (C=N–C) groups is 1. The van der Waals surface area contributed by atoms with Gasteiger partial charge in [-0.15, -0.1) is 11.8 Å². The second-order valence-electron chi connectivity index (χ2n) is 6.35. The molecule has 0 saturated heterocycles. The molecule has 0 atom stereocenters. The van der Waals surface area contributed by atoms with Crippen molar-refractivity contribution >= 4 is 47.7 Å². The summed E-state index contributed by atoms with van der Waals surface area (Å²) in [6, 6.07) is 3.59. The summed E-state index contributed by atoms with van der Waals surface area (Å²) < 4.78 is 26.7. The summed E-state index contributed by atoms with van der Waals surface area (Å²) in [5.41, 5.74) is 5.71. The molecule has 0 unspecified atom stereocenters. The number of benzene rings is 1. The highest BCUT2D eigenvalue weighted by Crippen LogP contribution is 2.28. The van der Waals surface area contributed by atoms with Crippen LogP contribution in [0, 0.1) is 5.82 Å². The van der Waals surface area contributed by atoms with Crippen molar-refractivity contribution in [1.82, 2.24) is 9.62 Å². The van der Waals surface area contributed by atoms with Crippen LogP contribution < -0.4 is 10.5 Å². The van der Waals surface area contributed by atoms with Crippen molar-refractivity contribution in [2.24, 2.45) is 4.99 Å². The van der Waals surface area contributed by atoms with Crippen molar-refractivity contribution in [2.75, 3.05) is 32.4 Å². The summed E-state index contributed by atoms with van der Waals surface area (Å²) in [7, 11) is 4.38. The average Bonchev–Trinajstić information content (AvgIpc) is 2.77. The normalized spacial score (nSPS) is 13.5. The minimum Gasteiger partial charge on any atom is -0.397 e. The van der Waals surface area contributed by atoms with Crippen LogP contribution in [0.2, 0.25) is 5.02 Å². The Labute approximate surface area is 201 Å². The van der Waals surface area contributed by atoms with Gasteiger partial charge in [0.1, 0.15) is 5.82 Å². The van der Waals surface area contributed by atoms with Crippen molar-refractivity contribution in [2.45, 2.75) is 63.8 Å². The fourth-order valence-corrected chi connectivity index (χ4v) is 3.99. The lowest BCUT2D eigenvalue weighted by Gasteiger charge is -2.27. The third-order valence-electron chi connectivity index (χ3n) is 3.94. The molecule has 0 aromatic heterocycles. The number of halogens is 3. The molecule has 31 heavy (non-hydrogen) atoms. The molecule has 0 spiro atoms. The summed E-state index contributed by atoms with van der Waals surface area (Å²) in [4.78, 5) is 6.32. The van der Waals surface area contributed by atoms with Crippen molar-refractivity contribution in [3.8, 4) is 0 Å². The molecular formula is C22H39ClF2N4S2. The molecule has 1 aromatic rings. The molecule has 1 aromatic carbocycles. The second-order valence-corrected chi connectivity index (χ2v) is 8.59. The molecule has 9 heteroatoms. The van der Waals surface area contributed by atoms with Crippen LogP contribution in [0.15, 0.2) is 33.6 Å². The molecule has 1 aliphatic carbocycles. The van der Waals surface area contributed by atoms with Crippen molar-refractivity contribution in [3.63, 3.8) is 0 Å². The van der Waals surface area contributed by atoms with E-state index >= 15 is 0 Å². The smallest absolute Gasteiger partial charge is 0.140 e. The molecule has 1 fully saturated rings. The lowest BCUT2D eigenvalue weighted by Crippen LogP contribution is -2.29. The number of hydrogen-bond acceptors (Lipinski definition) is 6. The molecule has 2 rings (SSSR count). The Morgan fingerprint density at radius 2 is 1.87 bits per heavy atom. The molecule has 0 aliphatic heterocycles. The first kappa shape index (κ1) is 32.4. The highest BCUT2D eigenvalue weighted by atomic mass is 35.5. The maximum Gasteiger partial charge on any atom is 0.140 e. The van der Waals surface area contributed by atoms with E-state index in [2.05, 4.69) is 35.4 Å². The lowest BCUT2D eigenvalue weighted by atomic mass is 9.95. The van der Waals surface area contributed by atoms with Crippen LogP contribution in [0.4, 0.5) is 14.5 Å². The zero-order chi connectivity index (χ0) is 24.1. The van der Waals surface area contributed by atoms with E-state index in [9.17, 15) is 8.78 Å². The first-order valence-electron chi connectivity index (χ1n) is 10.5. The zero-order valence-electron chi connectivity index (χ0n) is 19.5. The summed E-state index contributed by atoms with van der Waals surface area (Å²) in [5, 5.41) is 2.13. The average molecular weight is 497 g/mol. The lowest BCUT2D eigenvalue weighted by molar-refractivity contribution is 0.229. The Morgan fingerprint density at radius 1 is 1.29 bits per heavy atom. The topological polar surface area (TPSA) is 53.6 Å². The number of nitrogen functional groups attached to an aromatic ring is 1. The van der Waals surface area contributed by atoms with Crippen molar-refractivity contribution < 1.29 is 8.78 Å². The van der Waals surface area contributed by atoms with Gasteiger partial charge in [0.15, 0.2) is 0 Å². The van der Waals surface area contributed by atoms with Crippen LogP contribution in [-0.4, -0.2) is 44.3 Å². The SMILES string of the molecule is C=N/C=C\SCNSc1cc(Cl)c(N)cc1F.CC.CCF.CN(C)C1CCCCC1. The van der Waals surface area contributed by atoms with Gasteiger partial charge >= 0.3 is 0 Å². The number of hydrogen-bond donors (Lipinski definition) is 2. The highest BCUT2D eigenvalue weighted by molar-refractivity contribution is 8.03. The molecule has 1 aliphatic rings. The minimum atomic E-state index is -0.391. The Morgan fingerprint density at radius 3 is 2.35 bits per heavy atom. The molecule has 180 valence electrons. The fourth-order valence-electron chi connectivity index (χ4n) is 2.50. The van der Waals surface area contributed by atoms with E-state index in [0.717, 1.165) is 18.0 Å². The van der Waals surface area contributed by atoms with Crippen LogP contribution in [0.3, 0.4) is 0 Å². The van der Waals surface area contributed by atoms with Gasteiger partial charge in [0.2, 0.25) is 0 Å². The van der Waals surface area contributed by atoms with Crippen LogP contribution in [0.5, 0.6) is 0 Å². The van der Waals surface area contributed by atoms with Gasteiger partial charge in [0.25, 0.3) is 0 Å². The maximum absolute atomic E-state index is 13.4. The molecule has 1 saturated carbocycles. The molecule has 0 radical (unpaired) electrons. The third-order valence-corrected chi connectivity index (χ3v) is 5.90. The number of alkyl halides is 1. The number of nitrogens with two attached hydrogens (primary N) is 1. The molecular weight excluding hydrogens is 458 g/mol. The van der Waals surface area contributed by atoms with Crippen LogP contribution in [0.25, 0.3) is 0 Å². The summed E-state index contributed by atoms with van der Waals surface area (Å²) >= 11 is 8.44. The molecule has 0 amide bonds. The molecule has 0 heterocycles. The quantitative estimate of drug-likeness (QED) is 0.135. The molecule has 4 nitrogen and oxygen atoms in total. The predicted octanol–water partition coefficient (Wildman–Crippen LogP) is 7.40. The maximum atomic E-state index is 13.4. The van der Waals surface area contributed by atoms with E-state index in [1.54, 1.807) is 11.6 Å². The Bertz CT molecular complexity index is 599. The number of nitrogens with one attached hydrogen (secondary N) is 1. The van der Waals surface area contributed by atoms with Gasteiger partial charge in [0.05, 0.1) is 28.2 Å². The standard InChI is InChI=1S/C10H11ClFN3S2.C8H17N.C2H5F.C2H6/c1-14-2-3-16-6-15-17-10-4-7(11)9(13)5-8(10)12;1-9(2)8-6-4-3-5-7-8;1-2-3;1-2/h2-5,15H,1,6,13H2;8H,3-7H2,1-2H3;2H2,1H3;1-2H3/b3-2-;;;. The number of nitrogens with zero attached hydrogens (tertiary/aromatic N) is 2. The second kappa shape index (κ2) is 22.4. The number of thioether (sulfide) groups is 1. The predicted molar refractivity (Wildman–Crippen MR) is 140 cm³/mol. The number of rotatable bonds is 7. The Kier molecular flexibility index (Phi) is 23.4. The summed E-state index contributed by atoms with van der Waals surface area (Å²) in [5.74, 6) is 0.218. The van der Waals surface area contributed by atoms with Crippen LogP contribution in [0.1, 0.15) is 52.9 Å². The summed E-state index contributed by atoms with van der Waals surface area (Å²) in [6.07, 6.45) is 8.79. The van der Waals surface area contributed by atoms with Crippen molar-refractivity contribution in [3.05, 3.63) is 34.6 Å². The Balaban J connectivity index is 0. The van der Waals surface area contributed by atoms with Crippen LogP contribution >= 0.6 is 35.3 Å². The van der Waals surface area contributed by atoms with E-state index in [1.165, 1.54) is 62.9 Å². The fraction of sp³-hybridized carbons (Fsp3) is 0.591. The minimum absolute atomic E-state index is 0.239. The monoisotopic (exact) mass is 496 g/mol. The summed E-state index contributed by atoms with van der Waals surface area (Å²) in [6.45, 7) is 8.51. The van der Waals surface area contributed by atoms with E-state index in [0.29, 0.717) is 15.8 Å². The first-order valence-corrected chi connectivity index (χ1v) is 12.7. The van der Waals surface area contributed by atoms with Crippen molar-refractivity contribution in [1.29, 1.82) is 0 Å². The van der Waals surface area contributed by atoms with Gasteiger partial charge < -0.3 is 10.6 Å². The molecule has 0 bridgehead atoms. The van der Waals surface area contributed by atoms with E-state index in [4.69, 9.17) is 17.3 Å². The Hall–Kier alpha value is -0.800. The van der Waals surface area contributed by atoms with E-state index < -0.39 is 5.82 Å². The molecule has 3 N–H and O–H groups in total. The highest BCUT2D eigenvalue weighted by Gasteiger charge is 2.14. The first-order chi connectivity index (χ1) is 14.9. The zero-order valence-corrected chi connectivity index (χ0v) is 21.9. The largest absolute Gasteiger partial charge is 0.397 e. The van der Waals surface area contributed by atoms with Gasteiger partial charge in [-0.1, -0.05) is 44.7 Å². The van der Waals surface area contributed by atoms with Gasteiger partial charge in [-0.3, -0.25) is 9.38 Å². The van der Waals surface area contributed by atoms with Gasteiger partial charge in [-0.2, -0.15) is 0 Å². The van der Waals surface area contributed by atoms with Crippen LogP contribution in [-0.2, 0) is 0 Å². The van der Waals surface area contributed by atoms with Gasteiger partial charge in [0, 0.05) is 12.2 Å².